The molecule has 1 aliphatic rings. The number of phenols is 1. The monoisotopic (exact) mass is 404 g/mol. The normalized spacial score (nSPS) is 15.7. The molecule has 0 spiro atoms. The molecule has 0 aliphatic carbocycles. The number of phenolic OH excluding ortho intramolecular Hbond substituents is 1. The van der Waals surface area contributed by atoms with Crippen LogP contribution in [0.5, 0.6) is 5.75 Å². The first-order valence-corrected chi connectivity index (χ1v) is 9.47. The number of hydrogen-bond acceptors (Lipinski definition) is 6. The molecular weight excluding hydrogens is 384 g/mol. The molecule has 152 valence electrons. The molecule has 7 heteroatoms. The Labute approximate surface area is 173 Å². The fourth-order valence-electron chi connectivity index (χ4n) is 3.24. The van der Waals surface area contributed by atoms with Crippen LogP contribution in [0.15, 0.2) is 76.4 Å². The van der Waals surface area contributed by atoms with E-state index in [1.807, 2.05) is 31.2 Å². The van der Waals surface area contributed by atoms with Crippen LogP contribution in [-0.2, 0) is 9.53 Å². The molecule has 0 radical (unpaired) electrons. The fraction of sp³-hybridized carbons (Fsp3) is 0.174. The predicted molar refractivity (Wildman–Crippen MR) is 109 cm³/mol. The molecule has 0 bridgehead atoms. The number of aryl methyl sites for hydroxylation is 1. The first-order chi connectivity index (χ1) is 14.5. The van der Waals surface area contributed by atoms with Gasteiger partial charge in [0.25, 0.3) is 5.91 Å². The smallest absolute Gasteiger partial charge is 0.338 e. The van der Waals surface area contributed by atoms with Crippen LogP contribution in [0.2, 0.25) is 0 Å². The van der Waals surface area contributed by atoms with E-state index >= 15 is 0 Å². The zero-order valence-electron chi connectivity index (χ0n) is 16.3. The molecule has 4 rings (SSSR count). The molecule has 0 saturated carbocycles. The molecule has 7 nitrogen and oxygen atoms in total. The maximum atomic E-state index is 12.8. The summed E-state index contributed by atoms with van der Waals surface area (Å²) in [6, 6.07) is 16.7. The summed E-state index contributed by atoms with van der Waals surface area (Å²) >= 11 is 0. The second-order valence-electron chi connectivity index (χ2n) is 7.01. The maximum Gasteiger partial charge on any atom is 0.338 e. The Kier molecular flexibility index (Phi) is 5.34. The zero-order valence-corrected chi connectivity index (χ0v) is 16.3. The largest absolute Gasteiger partial charge is 0.508 e. The van der Waals surface area contributed by atoms with E-state index in [-0.39, 0.29) is 11.3 Å². The van der Waals surface area contributed by atoms with E-state index in [0.717, 1.165) is 16.8 Å². The van der Waals surface area contributed by atoms with Gasteiger partial charge in [-0.05, 0) is 48.9 Å². The van der Waals surface area contributed by atoms with Crippen molar-refractivity contribution in [2.24, 2.45) is 5.10 Å². The van der Waals surface area contributed by atoms with E-state index in [9.17, 15) is 14.7 Å². The Morgan fingerprint density at radius 3 is 2.53 bits per heavy atom. The lowest BCUT2D eigenvalue weighted by atomic mass is 10.0. The van der Waals surface area contributed by atoms with Crippen LogP contribution in [0, 0.1) is 6.92 Å². The van der Waals surface area contributed by atoms with Gasteiger partial charge in [0.1, 0.15) is 17.6 Å². The summed E-state index contributed by atoms with van der Waals surface area (Å²) in [4.78, 5) is 25.0. The molecule has 1 aliphatic heterocycles. The zero-order chi connectivity index (χ0) is 21.1. The van der Waals surface area contributed by atoms with Crippen molar-refractivity contribution in [3.63, 3.8) is 0 Å². The first-order valence-electron chi connectivity index (χ1n) is 9.47. The number of esters is 1. The minimum atomic E-state index is -0.653. The van der Waals surface area contributed by atoms with Crippen molar-refractivity contribution < 1.29 is 23.8 Å². The molecule has 30 heavy (non-hydrogen) atoms. The van der Waals surface area contributed by atoms with Crippen LogP contribution < -0.4 is 0 Å². The van der Waals surface area contributed by atoms with E-state index < -0.39 is 24.5 Å². The van der Waals surface area contributed by atoms with Gasteiger partial charge in [0.05, 0.1) is 17.5 Å². The Bertz CT molecular complexity index is 1070. The van der Waals surface area contributed by atoms with Crippen molar-refractivity contribution in [3.8, 4) is 5.75 Å². The minimum absolute atomic E-state index is 0.0407. The van der Waals surface area contributed by atoms with Gasteiger partial charge in [-0.3, -0.25) is 4.79 Å². The second kappa shape index (κ2) is 8.24. The van der Waals surface area contributed by atoms with Crippen molar-refractivity contribution in [2.45, 2.75) is 19.4 Å². The van der Waals surface area contributed by atoms with Crippen molar-refractivity contribution in [3.05, 3.63) is 89.4 Å². The number of aromatic hydroxyl groups is 1. The predicted octanol–water partition coefficient (Wildman–Crippen LogP) is 3.83. The number of furan rings is 1. The summed E-state index contributed by atoms with van der Waals surface area (Å²) < 4.78 is 10.7. The van der Waals surface area contributed by atoms with Gasteiger partial charge in [0.15, 0.2) is 6.61 Å². The van der Waals surface area contributed by atoms with Gasteiger partial charge in [0.2, 0.25) is 0 Å². The number of carbonyl (C=O) groups is 2. The van der Waals surface area contributed by atoms with Crippen LogP contribution in [0.4, 0.5) is 0 Å². The molecule has 0 saturated heterocycles. The highest BCUT2D eigenvalue weighted by molar-refractivity contribution is 6.03. The minimum Gasteiger partial charge on any atom is -0.508 e. The lowest BCUT2D eigenvalue weighted by molar-refractivity contribution is -0.136. The number of rotatable bonds is 5. The lowest BCUT2D eigenvalue weighted by Crippen LogP contribution is -2.31. The maximum absolute atomic E-state index is 12.8. The van der Waals surface area contributed by atoms with Crippen LogP contribution >= 0.6 is 0 Å². The van der Waals surface area contributed by atoms with E-state index in [2.05, 4.69) is 5.10 Å². The molecule has 1 N–H and O–H groups in total. The highest BCUT2D eigenvalue weighted by Crippen LogP contribution is 2.33. The van der Waals surface area contributed by atoms with Crippen molar-refractivity contribution in [1.82, 2.24) is 5.01 Å². The average molecular weight is 404 g/mol. The molecule has 0 fully saturated rings. The third-order valence-electron chi connectivity index (χ3n) is 4.85. The van der Waals surface area contributed by atoms with Gasteiger partial charge in [-0.1, -0.05) is 29.8 Å². The Balaban J connectivity index is 1.50. The number of carbonyl (C=O) groups excluding carboxylic acids is 2. The molecule has 2 aromatic carbocycles. The van der Waals surface area contributed by atoms with Gasteiger partial charge < -0.3 is 14.3 Å². The molecular formula is C23H20N2O5. The first kappa shape index (κ1) is 19.4. The number of amides is 1. The second-order valence-corrected chi connectivity index (χ2v) is 7.01. The van der Waals surface area contributed by atoms with E-state index in [1.165, 1.54) is 29.3 Å². The van der Waals surface area contributed by atoms with Gasteiger partial charge in [0, 0.05) is 6.42 Å². The van der Waals surface area contributed by atoms with Gasteiger partial charge in [-0.2, -0.15) is 5.10 Å². The fourth-order valence-corrected chi connectivity index (χ4v) is 3.24. The number of nitrogens with zero attached hydrogens (tertiary/aromatic N) is 2. The molecule has 0 unspecified atom stereocenters. The molecule has 2 heterocycles. The quantitative estimate of drug-likeness (QED) is 0.653. The number of benzene rings is 2. The standard InChI is InChI=1S/C23H20N2O5/c1-15-4-6-16(7-5-15)19-13-20(21-3-2-12-29-21)25(24-19)22(27)14-30-23(28)17-8-10-18(26)11-9-17/h2-12,20,26H,13-14H2,1H3/t20-/m0/s1. The van der Waals surface area contributed by atoms with Crippen molar-refractivity contribution in [2.75, 3.05) is 6.61 Å². The number of hydrazone groups is 1. The van der Waals surface area contributed by atoms with Crippen molar-refractivity contribution >= 4 is 17.6 Å². The Morgan fingerprint density at radius 1 is 1.13 bits per heavy atom. The highest BCUT2D eigenvalue weighted by atomic mass is 16.5. The van der Waals surface area contributed by atoms with Crippen LogP contribution in [0.25, 0.3) is 0 Å². The lowest BCUT2D eigenvalue weighted by Gasteiger charge is -2.19. The molecule has 1 amide bonds. The summed E-state index contributed by atoms with van der Waals surface area (Å²) in [5, 5.41) is 15.1. The van der Waals surface area contributed by atoms with Gasteiger partial charge in [-0.15, -0.1) is 0 Å². The van der Waals surface area contributed by atoms with Gasteiger partial charge >= 0.3 is 5.97 Å². The number of ether oxygens (including phenoxy) is 1. The summed E-state index contributed by atoms with van der Waals surface area (Å²) in [6.45, 7) is 1.55. The van der Waals surface area contributed by atoms with Crippen LogP contribution in [0.3, 0.4) is 0 Å². The van der Waals surface area contributed by atoms with E-state index in [1.54, 1.807) is 18.4 Å². The molecule has 1 aromatic heterocycles. The summed E-state index contributed by atoms with van der Waals surface area (Å²) in [5.41, 5.74) is 3.06. The summed E-state index contributed by atoms with van der Waals surface area (Å²) in [7, 11) is 0. The highest BCUT2D eigenvalue weighted by Gasteiger charge is 2.35. The van der Waals surface area contributed by atoms with E-state index in [4.69, 9.17) is 9.15 Å². The molecule has 1 atom stereocenters. The van der Waals surface area contributed by atoms with Crippen molar-refractivity contribution in [1.29, 1.82) is 0 Å². The third kappa shape index (κ3) is 4.10. The molecule has 3 aromatic rings. The topological polar surface area (TPSA) is 92.3 Å². The Hall–Kier alpha value is -3.87. The van der Waals surface area contributed by atoms with Crippen LogP contribution in [-0.4, -0.2) is 34.3 Å². The van der Waals surface area contributed by atoms with E-state index in [0.29, 0.717) is 12.2 Å². The average Bonchev–Trinajstić information content (AvgIpc) is 3.43. The summed E-state index contributed by atoms with van der Waals surface area (Å²) in [6.07, 6.45) is 2.04. The van der Waals surface area contributed by atoms with Gasteiger partial charge in [-0.25, -0.2) is 9.80 Å². The summed E-state index contributed by atoms with van der Waals surface area (Å²) in [5.74, 6) is -0.455. The number of hydrogen-bond donors (Lipinski definition) is 1. The Morgan fingerprint density at radius 2 is 1.87 bits per heavy atom. The van der Waals surface area contributed by atoms with Crippen LogP contribution in [0.1, 0.15) is 39.7 Å². The third-order valence-corrected chi connectivity index (χ3v) is 4.85. The SMILES string of the molecule is Cc1ccc(C2=NN(C(=O)COC(=O)c3ccc(O)cc3)[C@H](c3ccco3)C2)cc1.